The third-order valence-electron chi connectivity index (χ3n) is 21.6. The smallest absolute Gasteiger partial charge is 0.217 e. The van der Waals surface area contributed by atoms with Crippen molar-refractivity contribution >= 4 is 11.8 Å². The summed E-state index contributed by atoms with van der Waals surface area (Å²) in [4.78, 5) is 25.5. The summed E-state index contributed by atoms with van der Waals surface area (Å²) in [5, 5.41) is 326. The highest BCUT2D eigenvalue weighted by Gasteiger charge is 2.62. The molecule has 10 rings (SSSR count). The zero-order valence-corrected chi connectivity index (χ0v) is 61.8. The van der Waals surface area contributed by atoms with Crippen LogP contribution in [0, 0.1) is 0 Å². The van der Waals surface area contributed by atoms with E-state index < -0.39 is 378 Å². The normalized spacial score (nSPS) is 51.8. The summed E-state index contributed by atoms with van der Waals surface area (Å²) in [5.74, 6) is -1.80. The number of rotatable bonds is 29. The largest absolute Gasteiger partial charge is 0.394 e. The number of hydrogen-bond donors (Lipinski definition) is 31. The molecular weight excluding hydrogens is 1600 g/mol. The third-order valence-corrected chi connectivity index (χ3v) is 21.6. The van der Waals surface area contributed by atoms with Crippen molar-refractivity contribution in [3.05, 3.63) is 0 Å². The van der Waals surface area contributed by atoms with Gasteiger partial charge in [-0.2, -0.15) is 0 Å². The lowest BCUT2D eigenvalue weighted by Gasteiger charge is -2.51. The fourth-order valence-electron chi connectivity index (χ4n) is 15.0. The predicted octanol–water partition coefficient (Wildman–Crippen LogP) is -21.5. The number of hydrogen-bond acceptors (Lipinski definition) is 50. The molecule has 0 radical (unpaired) electrons. The predicted molar refractivity (Wildman–Crippen MR) is 351 cm³/mol. The summed E-state index contributed by atoms with van der Waals surface area (Å²) in [6.45, 7) is -6.55. The second kappa shape index (κ2) is 41.2. The summed E-state index contributed by atoms with van der Waals surface area (Å²) in [6.07, 6.45) is -101. The van der Waals surface area contributed by atoms with Crippen LogP contribution in [0.3, 0.4) is 0 Å². The molecule has 31 N–H and O–H groups in total. The van der Waals surface area contributed by atoms with Gasteiger partial charge in [-0.15, -0.1) is 0 Å². The molecule has 0 aromatic heterocycles. The van der Waals surface area contributed by atoms with Crippen molar-refractivity contribution in [3.8, 4) is 0 Å². The van der Waals surface area contributed by atoms with Crippen LogP contribution in [-0.2, 0) is 99.6 Å². The minimum Gasteiger partial charge on any atom is -0.394 e. The van der Waals surface area contributed by atoms with E-state index in [-0.39, 0.29) is 0 Å². The molecule has 10 saturated heterocycles. The second-order valence-corrected chi connectivity index (χ2v) is 29.5. The van der Waals surface area contributed by atoms with Gasteiger partial charge in [0.05, 0.1) is 65.6 Å². The van der Waals surface area contributed by atoms with Crippen LogP contribution in [0.4, 0.5) is 0 Å². The molecule has 10 aliphatic heterocycles. The molecule has 0 aromatic rings. The summed E-state index contributed by atoms with van der Waals surface area (Å²) < 4.78 is 111. The molecule has 10 heterocycles. The van der Waals surface area contributed by atoms with E-state index in [1.807, 2.05) is 0 Å². The fourth-order valence-corrected chi connectivity index (χ4v) is 15.0. The van der Waals surface area contributed by atoms with E-state index in [0.29, 0.717) is 0 Å². The fraction of sp³-hybridized carbons (Fsp3) is 0.969. The minimum atomic E-state index is -2.58. The maximum Gasteiger partial charge on any atom is 0.217 e. The van der Waals surface area contributed by atoms with Crippen molar-refractivity contribution < 1.29 is 248 Å². The highest BCUT2D eigenvalue weighted by atomic mass is 16.8. The third kappa shape index (κ3) is 20.3. The first-order valence-electron chi connectivity index (χ1n) is 37.0. The Morgan fingerprint density at radius 1 is 0.241 bits per heavy atom. The molecule has 0 bridgehead atoms. The van der Waals surface area contributed by atoms with Crippen molar-refractivity contribution in [1.29, 1.82) is 0 Å². The van der Waals surface area contributed by atoms with Gasteiger partial charge in [0.1, 0.15) is 238 Å². The molecule has 674 valence electrons. The van der Waals surface area contributed by atoms with Crippen LogP contribution >= 0.6 is 0 Å². The lowest BCUT2D eigenvalue weighted by atomic mass is 9.93. The molecule has 52 heteroatoms. The van der Waals surface area contributed by atoms with E-state index in [2.05, 4.69) is 10.6 Å². The summed E-state index contributed by atoms with van der Waals surface area (Å²) in [7, 11) is 0. The van der Waals surface area contributed by atoms with Crippen molar-refractivity contribution in [3.63, 3.8) is 0 Å². The van der Waals surface area contributed by atoms with Crippen molar-refractivity contribution in [2.45, 2.75) is 328 Å². The van der Waals surface area contributed by atoms with Crippen molar-refractivity contribution in [1.82, 2.24) is 10.6 Å². The van der Waals surface area contributed by atoms with Gasteiger partial charge in [0.2, 0.25) is 11.8 Å². The number of amides is 2. The maximum absolute atomic E-state index is 13.1. The van der Waals surface area contributed by atoms with Crippen LogP contribution < -0.4 is 10.6 Å². The van der Waals surface area contributed by atoms with E-state index >= 15 is 0 Å². The topological polar surface area (TPSA) is 820 Å². The zero-order chi connectivity index (χ0) is 85.2. The van der Waals surface area contributed by atoms with Gasteiger partial charge in [0, 0.05) is 13.8 Å². The Balaban J connectivity index is 0.929. The Morgan fingerprint density at radius 3 is 0.948 bits per heavy atom. The van der Waals surface area contributed by atoms with Gasteiger partial charge in [-0.3, -0.25) is 9.59 Å². The summed E-state index contributed by atoms with van der Waals surface area (Å²) in [6, 6.07) is -3.71. The van der Waals surface area contributed by atoms with E-state index in [9.17, 15) is 158 Å². The molecule has 0 aromatic carbocycles. The molecule has 0 aliphatic carbocycles. The van der Waals surface area contributed by atoms with Gasteiger partial charge in [-0.25, -0.2) is 0 Å². The molecule has 2 amide bonds. The molecule has 50 atom stereocenters. The standard InChI is InChI=1S/C64H108N2O50/c1-13-27(76)37(86)42(91)57(100-13)99-12-24-49(35(84)25(55(97)101-24)65-14(2)74)110-56-26(66-15(3)75)36(85)48(22(10-73)108-56)111-62-47(96)52(34(83)23(109-62)11-98-58-43(92)38(87)28(77)16(4-67)102-58)114-63-54(41(90)31(80)18(6-69)106-63)116-64-53(40(89)30(79)19(7-70)107-64)115-61-46(95)51(33(82)21(9-72)105-61)113-60-45(94)50(32(81)20(8-71)104-60)112-59-44(93)39(88)29(78)17(5-68)103-59/h13,16-64,67-73,76-97H,4-12H2,1-3H3,(H,65,74)(H,66,75)/t13-,16+,17+,18+,19+,20+,21+,22+,23+,24+,25+,26+,27+,28+,29+,30+,31+,32+,33+,34+,35+,36+,37+,38-,39-,40-,41-,42-,43-,44+,45+,46-,47-,48+,49+,50-,51-,52-,53-,54-,55+,56-,57+,58-,59+,60+,61+,62-,63+,64+/m0/s1. The van der Waals surface area contributed by atoms with E-state index in [1.165, 1.54) is 6.92 Å². The Labute approximate surface area is 655 Å². The molecule has 10 fully saturated rings. The monoisotopic (exact) mass is 1700 g/mol. The van der Waals surface area contributed by atoms with E-state index in [0.717, 1.165) is 13.8 Å². The zero-order valence-electron chi connectivity index (χ0n) is 61.8. The summed E-state index contributed by atoms with van der Waals surface area (Å²) >= 11 is 0. The van der Waals surface area contributed by atoms with Gasteiger partial charge in [0.15, 0.2) is 62.9 Å². The Kier molecular flexibility index (Phi) is 33.8. The maximum atomic E-state index is 13.1. The molecule has 0 saturated carbocycles. The van der Waals surface area contributed by atoms with Crippen molar-refractivity contribution in [2.24, 2.45) is 0 Å². The first-order valence-corrected chi connectivity index (χ1v) is 37.0. The molecule has 52 nitrogen and oxygen atoms in total. The van der Waals surface area contributed by atoms with Crippen LogP contribution in [-0.4, -0.2) is 526 Å². The van der Waals surface area contributed by atoms with Gasteiger partial charge >= 0.3 is 0 Å². The molecule has 0 unspecified atom stereocenters. The Morgan fingerprint density at radius 2 is 0.517 bits per heavy atom. The van der Waals surface area contributed by atoms with Crippen LogP contribution in [0.5, 0.6) is 0 Å². The minimum absolute atomic E-state index is 0.829. The molecule has 10 aliphatic rings. The van der Waals surface area contributed by atoms with E-state index in [4.69, 9.17) is 90.0 Å². The van der Waals surface area contributed by atoms with Crippen LogP contribution in [0.1, 0.15) is 20.8 Å². The number of aliphatic hydroxyl groups is 29. The molecular formula is C64H108N2O50. The van der Waals surface area contributed by atoms with Gasteiger partial charge < -0.3 is 249 Å². The number of carbonyl (C=O) groups excluding carboxylic acids is 2. The second-order valence-electron chi connectivity index (χ2n) is 29.5. The highest BCUT2D eigenvalue weighted by Crippen LogP contribution is 2.41. The van der Waals surface area contributed by atoms with Crippen LogP contribution in [0.2, 0.25) is 0 Å². The van der Waals surface area contributed by atoms with Gasteiger partial charge in [-0.1, -0.05) is 0 Å². The summed E-state index contributed by atoms with van der Waals surface area (Å²) in [5.41, 5.74) is 0. The Bertz CT molecular complexity index is 3030. The number of carbonyl (C=O) groups is 2. The number of ether oxygens (including phenoxy) is 19. The average Bonchev–Trinajstić information content (AvgIpc) is 0.769. The van der Waals surface area contributed by atoms with E-state index in [1.54, 1.807) is 0 Å². The van der Waals surface area contributed by atoms with Gasteiger partial charge in [-0.05, 0) is 6.92 Å². The van der Waals surface area contributed by atoms with Crippen LogP contribution in [0.15, 0.2) is 0 Å². The quantitative estimate of drug-likeness (QED) is 0.0331. The molecule has 0 spiro atoms. The highest BCUT2D eigenvalue weighted by molar-refractivity contribution is 5.73. The average molecular weight is 1710 g/mol. The first-order chi connectivity index (χ1) is 54.9. The number of aliphatic hydroxyl groups excluding tert-OH is 29. The molecule has 116 heavy (non-hydrogen) atoms. The SMILES string of the molecule is CC(=O)N[C@@H]1[C@@H](O)[C@H](O[C@@H]2O[C@H](CO)[C@@H](O[C@@H]3O[C@H](CO[C@H]4O[C@H](CO)[C@@H](O)[C@H](O)[C@@H]4O)[C@@H](O)[C@H](O[C@H]4O[C@H](CO)[C@@H](O)[C@H](O)[C@@H]4O[C@H]4O[C@H](CO)[C@@H](O)[C@H](O)[C@@H]4O[C@H]4O[C@H](CO)[C@@H](O)[C@H](O[C@H]5O[C@H](CO)[C@@H](O)[C@H](O[C@H]6O[C@H](CO)[C@@H](O)[C@H](O)[C@H]6O)[C@H]5O)[C@@H]4O)[C@@H]3O)[C@H](O)[C@H]2NC(C)=O)[C@@H](CO[C@@H]2O[C@@H](C)[C@@H](O)[C@@H](O)[C@@H]2O)O[C@H]1O. The van der Waals surface area contributed by atoms with Crippen molar-refractivity contribution in [2.75, 3.05) is 59.5 Å². The lowest BCUT2D eigenvalue weighted by Crippen LogP contribution is -2.70. The van der Waals surface area contributed by atoms with Crippen LogP contribution in [0.25, 0.3) is 0 Å². The Hall–Kier alpha value is -2.98. The van der Waals surface area contributed by atoms with Gasteiger partial charge in [0.25, 0.3) is 0 Å². The first kappa shape index (κ1) is 95.3. The lowest BCUT2D eigenvalue weighted by molar-refractivity contribution is -0.412. The number of nitrogens with one attached hydrogen (secondary N) is 2.